The zero-order valence-corrected chi connectivity index (χ0v) is 16.0. The van der Waals surface area contributed by atoms with E-state index in [1.54, 1.807) is 0 Å². The van der Waals surface area contributed by atoms with E-state index in [0.29, 0.717) is 6.07 Å². The van der Waals surface area contributed by atoms with Gasteiger partial charge in [0.2, 0.25) is 0 Å². The minimum Gasteiger partial charge on any atom is -0.281 e. The molecule has 1 fully saturated rings. The fourth-order valence-corrected chi connectivity index (χ4v) is 3.50. The molecular formula is C16H7Cl3F3N3OS. The molecule has 0 spiro atoms. The van der Waals surface area contributed by atoms with Crippen molar-refractivity contribution in [2.24, 2.45) is 0 Å². The number of urea groups is 1. The average Bonchev–Trinajstić information content (AvgIpc) is 2.76. The second kappa shape index (κ2) is 6.94. The van der Waals surface area contributed by atoms with Gasteiger partial charge in [-0.05, 0) is 36.4 Å². The lowest BCUT2D eigenvalue weighted by atomic mass is 10.2. The second-order valence-electron chi connectivity index (χ2n) is 5.40. The molecule has 1 aliphatic rings. The summed E-state index contributed by atoms with van der Waals surface area (Å²) in [6.45, 7) is 0. The summed E-state index contributed by atoms with van der Waals surface area (Å²) in [5, 5.41) is 8.02. The molecule has 2 amide bonds. The Morgan fingerprint density at radius 3 is 2.07 bits per heavy atom. The Morgan fingerprint density at radius 1 is 0.926 bits per heavy atom. The van der Waals surface area contributed by atoms with Gasteiger partial charge in [0, 0.05) is 10.0 Å². The van der Waals surface area contributed by atoms with Gasteiger partial charge in [0.15, 0.2) is 10.8 Å². The molecule has 1 aliphatic heterocycles. The molecule has 3 rings (SSSR count). The van der Waals surface area contributed by atoms with Gasteiger partial charge in [0.1, 0.15) is 0 Å². The molecule has 27 heavy (non-hydrogen) atoms. The minimum absolute atomic E-state index is 0.194. The lowest BCUT2D eigenvalue weighted by molar-refractivity contribution is -0.137. The summed E-state index contributed by atoms with van der Waals surface area (Å²) in [7, 11) is 0. The molecule has 1 saturated heterocycles. The molecule has 140 valence electrons. The number of nitrogens with one attached hydrogen (secondary N) is 1. The number of amides is 2. The topological polar surface area (TPSA) is 47.4 Å². The van der Waals surface area contributed by atoms with Crippen LogP contribution >= 0.6 is 47.0 Å². The number of hydrogen-bond acceptors (Lipinski definition) is 3. The minimum atomic E-state index is -4.72. The van der Waals surface area contributed by atoms with Crippen LogP contribution in [0.3, 0.4) is 0 Å². The number of rotatable bonds is 2. The van der Waals surface area contributed by atoms with E-state index < -0.39 is 28.6 Å². The normalized spacial score (nSPS) is 15.1. The first-order valence-electron chi connectivity index (χ1n) is 7.10. The molecule has 4 nitrogen and oxygen atoms in total. The molecule has 11 heteroatoms. The molecule has 1 N–H and O–H groups in total. The van der Waals surface area contributed by atoms with E-state index in [9.17, 15) is 18.0 Å². The van der Waals surface area contributed by atoms with Crippen LogP contribution in [0.25, 0.3) is 0 Å². The molecule has 0 bridgehead atoms. The van der Waals surface area contributed by atoms with Crippen LogP contribution in [0, 0.1) is 5.41 Å². The Hall–Kier alpha value is -1.87. The highest BCUT2D eigenvalue weighted by atomic mass is 35.5. The number of nitrogens with zero attached hydrogens (tertiary/aromatic N) is 2. The maximum absolute atomic E-state index is 13.1. The van der Waals surface area contributed by atoms with Gasteiger partial charge in [-0.2, -0.15) is 13.2 Å². The molecule has 0 unspecified atom stereocenters. The Balaban J connectivity index is 2.07. The first-order valence-corrected chi connectivity index (χ1v) is 8.65. The van der Waals surface area contributed by atoms with Gasteiger partial charge in [-0.25, -0.2) is 14.6 Å². The molecule has 2 aromatic carbocycles. The van der Waals surface area contributed by atoms with Crippen LogP contribution in [0.2, 0.25) is 15.1 Å². The van der Waals surface area contributed by atoms with E-state index in [0.717, 1.165) is 15.9 Å². The highest BCUT2D eigenvalue weighted by Crippen LogP contribution is 2.38. The first kappa shape index (κ1) is 19.9. The monoisotopic (exact) mass is 451 g/mol. The standard InChI is InChI=1S/C16H7Cl3F3N3OS/c17-7-3-8(18)5-10(4-7)25-14(27)13(23)24(15(25)26)9-1-2-12(19)11(6-9)16(20,21)22/h1-6,23H. The van der Waals surface area contributed by atoms with Crippen molar-refractivity contribution in [2.75, 3.05) is 9.80 Å². The van der Waals surface area contributed by atoms with Crippen molar-refractivity contribution in [3.05, 3.63) is 57.0 Å². The second-order valence-corrected chi connectivity index (χ2v) is 7.06. The zero-order chi connectivity index (χ0) is 20.1. The van der Waals surface area contributed by atoms with Crippen LogP contribution in [0.5, 0.6) is 0 Å². The number of halogens is 6. The number of anilines is 2. The van der Waals surface area contributed by atoms with E-state index in [4.69, 9.17) is 52.4 Å². The smallest absolute Gasteiger partial charge is 0.281 e. The number of hydrogen-bond donors (Lipinski definition) is 1. The maximum atomic E-state index is 13.1. The summed E-state index contributed by atoms with van der Waals surface area (Å²) < 4.78 is 39.3. The van der Waals surface area contributed by atoms with E-state index in [2.05, 4.69) is 0 Å². The van der Waals surface area contributed by atoms with Crippen LogP contribution < -0.4 is 9.80 Å². The van der Waals surface area contributed by atoms with Crippen molar-refractivity contribution in [3.63, 3.8) is 0 Å². The van der Waals surface area contributed by atoms with Crippen LogP contribution in [-0.2, 0) is 6.18 Å². The van der Waals surface area contributed by atoms with Crippen molar-refractivity contribution >= 4 is 75.3 Å². The van der Waals surface area contributed by atoms with Gasteiger partial charge in [-0.3, -0.25) is 5.41 Å². The molecule has 0 aromatic heterocycles. The third-order valence-electron chi connectivity index (χ3n) is 3.63. The van der Waals surface area contributed by atoms with E-state index in [1.807, 2.05) is 0 Å². The largest absolute Gasteiger partial charge is 0.417 e. The summed E-state index contributed by atoms with van der Waals surface area (Å²) in [6, 6.07) is 6.29. The van der Waals surface area contributed by atoms with Crippen LogP contribution in [0.15, 0.2) is 36.4 Å². The molecular weight excluding hydrogens is 446 g/mol. The predicted octanol–water partition coefficient (Wildman–Crippen LogP) is 6.42. The third kappa shape index (κ3) is 3.62. The first-order chi connectivity index (χ1) is 12.5. The quantitative estimate of drug-likeness (QED) is 0.535. The SMILES string of the molecule is N=C1C(=S)N(c2cc(Cl)cc(Cl)c2)C(=O)N1c1ccc(Cl)c(C(F)(F)F)c1. The molecule has 0 atom stereocenters. The fourth-order valence-electron chi connectivity index (χ4n) is 2.49. The number of benzene rings is 2. The number of carbonyl (C=O) groups is 1. The van der Waals surface area contributed by atoms with E-state index >= 15 is 0 Å². The number of alkyl halides is 3. The van der Waals surface area contributed by atoms with Gasteiger partial charge in [0.25, 0.3) is 0 Å². The summed E-state index contributed by atoms with van der Waals surface area (Å²) in [6.07, 6.45) is -4.72. The highest BCUT2D eigenvalue weighted by Gasteiger charge is 2.42. The third-order valence-corrected chi connectivity index (χ3v) is 4.77. The Bertz CT molecular complexity index is 976. The maximum Gasteiger partial charge on any atom is 0.417 e. The predicted molar refractivity (Wildman–Crippen MR) is 104 cm³/mol. The van der Waals surface area contributed by atoms with Gasteiger partial charge in [0.05, 0.1) is 22.0 Å². The molecule has 1 heterocycles. The molecule has 0 aliphatic carbocycles. The number of thiocarbonyl (C=S) groups is 1. The summed E-state index contributed by atoms with van der Waals surface area (Å²) in [5.41, 5.74) is -1.13. The van der Waals surface area contributed by atoms with Crippen molar-refractivity contribution in [3.8, 4) is 0 Å². The van der Waals surface area contributed by atoms with Crippen molar-refractivity contribution in [1.29, 1.82) is 5.41 Å². The lowest BCUT2D eigenvalue weighted by Crippen LogP contribution is -2.33. The van der Waals surface area contributed by atoms with Crippen molar-refractivity contribution in [1.82, 2.24) is 0 Å². The van der Waals surface area contributed by atoms with Gasteiger partial charge in [-0.15, -0.1) is 0 Å². The van der Waals surface area contributed by atoms with Crippen LogP contribution in [0.1, 0.15) is 5.56 Å². The molecule has 2 aromatic rings. The number of amidine groups is 1. The van der Waals surface area contributed by atoms with Gasteiger partial charge < -0.3 is 0 Å². The van der Waals surface area contributed by atoms with Gasteiger partial charge in [-0.1, -0.05) is 47.0 Å². The van der Waals surface area contributed by atoms with Gasteiger partial charge >= 0.3 is 12.2 Å². The Kier molecular flexibility index (Phi) is 5.11. The van der Waals surface area contributed by atoms with Crippen molar-refractivity contribution in [2.45, 2.75) is 6.18 Å². The van der Waals surface area contributed by atoms with Crippen LogP contribution in [-0.4, -0.2) is 16.9 Å². The zero-order valence-electron chi connectivity index (χ0n) is 12.9. The number of carbonyl (C=O) groups excluding carboxylic acids is 1. The lowest BCUT2D eigenvalue weighted by Gasteiger charge is -2.19. The van der Waals surface area contributed by atoms with Crippen LogP contribution in [0.4, 0.5) is 29.3 Å². The van der Waals surface area contributed by atoms with Crippen molar-refractivity contribution < 1.29 is 18.0 Å². The fraction of sp³-hybridized carbons (Fsp3) is 0.0625. The van der Waals surface area contributed by atoms with E-state index in [-0.39, 0.29) is 26.4 Å². The molecule has 0 radical (unpaired) electrons. The molecule has 0 saturated carbocycles. The average molecular weight is 453 g/mol. The Morgan fingerprint density at radius 2 is 1.52 bits per heavy atom. The highest BCUT2D eigenvalue weighted by molar-refractivity contribution is 7.82. The summed E-state index contributed by atoms with van der Waals surface area (Å²) >= 11 is 22.6. The summed E-state index contributed by atoms with van der Waals surface area (Å²) in [4.78, 5) is 14.3. The summed E-state index contributed by atoms with van der Waals surface area (Å²) in [5.74, 6) is -0.457. The Labute approximate surface area is 171 Å². The van der Waals surface area contributed by atoms with E-state index in [1.165, 1.54) is 24.3 Å².